The summed E-state index contributed by atoms with van der Waals surface area (Å²) < 4.78 is 0. The van der Waals surface area contributed by atoms with Gasteiger partial charge in [0.15, 0.2) is 0 Å². The van der Waals surface area contributed by atoms with Crippen LogP contribution < -0.4 is 0 Å². The molecule has 0 aliphatic carbocycles. The molecular weight excluding hydrogens is 282 g/mol. The second kappa shape index (κ2) is 7.33. The SMILES string of the molecule is CC(C)c1ccc2c(c1)CN(C1CCN(CCN(C)C)CC1)C2. The molecule has 0 bridgehead atoms. The molecule has 1 aromatic rings. The highest BCUT2D eigenvalue weighted by molar-refractivity contribution is 5.36. The fourth-order valence-corrected chi connectivity index (χ4v) is 3.91. The van der Waals surface area contributed by atoms with Crippen LogP contribution in [0.4, 0.5) is 0 Å². The lowest BCUT2D eigenvalue weighted by molar-refractivity contribution is 0.103. The molecule has 0 spiro atoms. The van der Waals surface area contributed by atoms with Crippen molar-refractivity contribution in [2.24, 2.45) is 0 Å². The van der Waals surface area contributed by atoms with E-state index in [-0.39, 0.29) is 0 Å². The Morgan fingerprint density at radius 1 is 1.09 bits per heavy atom. The molecule has 3 rings (SSSR count). The summed E-state index contributed by atoms with van der Waals surface area (Å²) in [5.41, 5.74) is 4.62. The first kappa shape index (κ1) is 16.9. The topological polar surface area (TPSA) is 9.72 Å². The Bertz CT molecular complexity index is 516. The lowest BCUT2D eigenvalue weighted by Crippen LogP contribution is -2.44. The zero-order valence-corrected chi connectivity index (χ0v) is 15.4. The Labute approximate surface area is 142 Å². The first-order valence-corrected chi connectivity index (χ1v) is 9.26. The van der Waals surface area contributed by atoms with Crippen LogP contribution in [0.15, 0.2) is 18.2 Å². The van der Waals surface area contributed by atoms with Crippen LogP contribution in [0, 0.1) is 0 Å². The van der Waals surface area contributed by atoms with Gasteiger partial charge in [0.1, 0.15) is 0 Å². The molecule has 2 aliphatic heterocycles. The van der Waals surface area contributed by atoms with E-state index in [0.29, 0.717) is 5.92 Å². The highest BCUT2D eigenvalue weighted by atomic mass is 15.2. The predicted molar refractivity (Wildman–Crippen MR) is 97.8 cm³/mol. The van der Waals surface area contributed by atoms with Crippen molar-refractivity contribution in [3.05, 3.63) is 34.9 Å². The number of likely N-dealkylation sites (tertiary alicyclic amines) is 1. The van der Waals surface area contributed by atoms with Crippen molar-refractivity contribution in [3.63, 3.8) is 0 Å². The molecule has 128 valence electrons. The number of hydrogen-bond acceptors (Lipinski definition) is 3. The molecule has 3 nitrogen and oxygen atoms in total. The zero-order chi connectivity index (χ0) is 16.4. The molecule has 3 heteroatoms. The first-order valence-electron chi connectivity index (χ1n) is 9.26. The van der Waals surface area contributed by atoms with Crippen molar-refractivity contribution >= 4 is 0 Å². The van der Waals surface area contributed by atoms with E-state index >= 15 is 0 Å². The van der Waals surface area contributed by atoms with Crippen molar-refractivity contribution in [1.82, 2.24) is 14.7 Å². The summed E-state index contributed by atoms with van der Waals surface area (Å²) in [7, 11) is 4.33. The molecule has 0 saturated carbocycles. The van der Waals surface area contributed by atoms with Crippen molar-refractivity contribution in [1.29, 1.82) is 0 Å². The number of rotatable bonds is 5. The van der Waals surface area contributed by atoms with Crippen LogP contribution in [0.5, 0.6) is 0 Å². The van der Waals surface area contributed by atoms with E-state index in [9.17, 15) is 0 Å². The van der Waals surface area contributed by atoms with Crippen LogP contribution in [0.3, 0.4) is 0 Å². The van der Waals surface area contributed by atoms with Gasteiger partial charge >= 0.3 is 0 Å². The highest BCUT2D eigenvalue weighted by Gasteiger charge is 2.29. The molecular formula is C20H33N3. The summed E-state index contributed by atoms with van der Waals surface area (Å²) in [5.74, 6) is 0.634. The third-order valence-electron chi connectivity index (χ3n) is 5.58. The van der Waals surface area contributed by atoms with Crippen LogP contribution >= 0.6 is 0 Å². The van der Waals surface area contributed by atoms with Crippen LogP contribution in [0.1, 0.15) is 49.3 Å². The minimum Gasteiger partial charge on any atom is -0.308 e. The molecule has 1 fully saturated rings. The maximum absolute atomic E-state index is 2.72. The molecule has 0 atom stereocenters. The summed E-state index contributed by atoms with van der Waals surface area (Å²) in [4.78, 5) is 7.64. The number of fused-ring (bicyclic) bond motifs is 1. The second-order valence-electron chi connectivity index (χ2n) is 7.96. The average Bonchev–Trinajstić information content (AvgIpc) is 2.96. The summed E-state index contributed by atoms with van der Waals surface area (Å²) in [6.07, 6.45) is 2.66. The number of nitrogens with zero attached hydrogens (tertiary/aromatic N) is 3. The molecule has 2 aliphatic rings. The molecule has 0 amide bonds. The summed E-state index contributed by atoms with van der Waals surface area (Å²) >= 11 is 0. The van der Waals surface area contributed by atoms with Crippen LogP contribution in [-0.2, 0) is 13.1 Å². The summed E-state index contributed by atoms with van der Waals surface area (Å²) in [6, 6.07) is 7.93. The van der Waals surface area contributed by atoms with Crippen molar-refractivity contribution in [2.75, 3.05) is 40.3 Å². The quantitative estimate of drug-likeness (QED) is 0.826. The van der Waals surface area contributed by atoms with Crippen molar-refractivity contribution in [2.45, 2.75) is 51.7 Å². The molecule has 0 unspecified atom stereocenters. The fraction of sp³-hybridized carbons (Fsp3) is 0.700. The maximum atomic E-state index is 2.72. The van der Waals surface area contributed by atoms with E-state index in [4.69, 9.17) is 0 Å². The van der Waals surface area contributed by atoms with Gasteiger partial charge in [-0.2, -0.15) is 0 Å². The van der Waals surface area contributed by atoms with E-state index in [1.807, 2.05) is 0 Å². The van der Waals surface area contributed by atoms with Gasteiger partial charge in [-0.05, 0) is 62.6 Å². The molecule has 1 aromatic carbocycles. The van der Waals surface area contributed by atoms with Gasteiger partial charge < -0.3 is 9.80 Å². The average molecular weight is 316 g/mol. The number of piperidine rings is 1. The first-order chi connectivity index (χ1) is 11.0. The third kappa shape index (κ3) is 4.14. The van der Waals surface area contributed by atoms with E-state index in [0.717, 1.165) is 19.1 Å². The standard InChI is InChI=1S/C20H33N3/c1-16(2)17-5-6-18-14-23(15-19(18)13-17)20-7-9-22(10-8-20)12-11-21(3)4/h5-6,13,16,20H,7-12,14-15H2,1-4H3. The number of likely N-dealkylation sites (N-methyl/N-ethyl adjacent to an activating group) is 1. The van der Waals surface area contributed by atoms with E-state index in [2.05, 4.69) is 60.8 Å². The van der Waals surface area contributed by atoms with Crippen LogP contribution in [-0.4, -0.2) is 61.0 Å². The Morgan fingerprint density at radius 3 is 2.43 bits per heavy atom. The Balaban J connectivity index is 1.52. The minimum absolute atomic E-state index is 0.634. The molecule has 1 saturated heterocycles. The number of benzene rings is 1. The Morgan fingerprint density at radius 2 is 1.78 bits per heavy atom. The molecule has 2 heterocycles. The van der Waals surface area contributed by atoms with Gasteiger partial charge in [0.2, 0.25) is 0 Å². The second-order valence-corrected chi connectivity index (χ2v) is 7.96. The van der Waals surface area contributed by atoms with E-state index < -0.39 is 0 Å². The van der Waals surface area contributed by atoms with Gasteiger partial charge in [0.25, 0.3) is 0 Å². The number of hydrogen-bond donors (Lipinski definition) is 0. The van der Waals surface area contributed by atoms with E-state index in [1.165, 1.54) is 44.6 Å². The van der Waals surface area contributed by atoms with Crippen molar-refractivity contribution in [3.8, 4) is 0 Å². The van der Waals surface area contributed by atoms with Gasteiger partial charge in [-0.1, -0.05) is 32.0 Å². The predicted octanol–water partition coefficient (Wildman–Crippen LogP) is 3.15. The minimum atomic E-state index is 0.634. The van der Waals surface area contributed by atoms with Crippen molar-refractivity contribution < 1.29 is 0 Å². The maximum Gasteiger partial charge on any atom is 0.0243 e. The fourth-order valence-electron chi connectivity index (χ4n) is 3.91. The molecule has 23 heavy (non-hydrogen) atoms. The van der Waals surface area contributed by atoms with Gasteiger partial charge in [-0.3, -0.25) is 4.90 Å². The Hall–Kier alpha value is -0.900. The third-order valence-corrected chi connectivity index (χ3v) is 5.58. The van der Waals surface area contributed by atoms with Crippen LogP contribution in [0.2, 0.25) is 0 Å². The van der Waals surface area contributed by atoms with E-state index in [1.54, 1.807) is 11.1 Å². The highest BCUT2D eigenvalue weighted by Crippen LogP contribution is 2.30. The lowest BCUT2D eigenvalue weighted by atomic mass is 9.99. The lowest BCUT2D eigenvalue weighted by Gasteiger charge is -2.37. The van der Waals surface area contributed by atoms with Gasteiger partial charge in [0.05, 0.1) is 0 Å². The monoisotopic (exact) mass is 315 g/mol. The van der Waals surface area contributed by atoms with Gasteiger partial charge in [-0.25, -0.2) is 0 Å². The Kier molecular flexibility index (Phi) is 5.40. The normalized spacial score (nSPS) is 20.6. The van der Waals surface area contributed by atoms with Crippen LogP contribution in [0.25, 0.3) is 0 Å². The molecule has 0 radical (unpaired) electrons. The summed E-state index contributed by atoms with van der Waals surface area (Å²) in [6.45, 7) is 11.8. The van der Waals surface area contributed by atoms with Gasteiger partial charge in [0, 0.05) is 32.2 Å². The van der Waals surface area contributed by atoms with Gasteiger partial charge in [-0.15, -0.1) is 0 Å². The zero-order valence-electron chi connectivity index (χ0n) is 15.4. The molecule has 0 aromatic heterocycles. The molecule has 0 N–H and O–H groups in total. The largest absolute Gasteiger partial charge is 0.308 e. The smallest absolute Gasteiger partial charge is 0.0243 e. The summed E-state index contributed by atoms with van der Waals surface area (Å²) in [5, 5.41) is 0.